The number of halogens is 1. The molecule has 0 amide bonds. The first kappa shape index (κ1) is 21.8. The minimum absolute atomic E-state index is 0.326. The summed E-state index contributed by atoms with van der Waals surface area (Å²) >= 11 is 5.71. The van der Waals surface area contributed by atoms with Crippen LogP contribution in [-0.2, 0) is 6.54 Å². The van der Waals surface area contributed by atoms with Gasteiger partial charge in [-0.05, 0) is 73.2 Å². The van der Waals surface area contributed by atoms with Crippen LogP contribution >= 0.6 is 12.2 Å². The fraction of sp³-hybridized carbons (Fsp3) is 0.160. The summed E-state index contributed by atoms with van der Waals surface area (Å²) < 4.78 is 29.9. The number of thiocarbonyl (C=S) groups is 1. The number of nitrogens with one attached hydrogen (secondary N) is 1. The Hall–Kier alpha value is -3.98. The molecule has 172 valence electrons. The standard InChI is InChI=1S/C25H21FN4O3S/c1-15-21(24-28-23(29-33-24)17-5-9-18(26)10-6-17)22(16-7-11-19(31-2)12-8-16)27-25(34)30(15)14-20-4-3-13-32-20/h3-13,22H,14H2,1-2H3,(H,27,34). The molecular formula is C25H21FN4O3S. The molecule has 7 nitrogen and oxygen atoms in total. The highest BCUT2D eigenvalue weighted by Crippen LogP contribution is 2.38. The maximum atomic E-state index is 13.4. The van der Waals surface area contributed by atoms with E-state index in [1.165, 1.54) is 12.1 Å². The number of hydrogen-bond donors (Lipinski definition) is 1. The number of ether oxygens (including phenoxy) is 1. The van der Waals surface area contributed by atoms with Crippen LogP contribution in [0.15, 0.2) is 81.6 Å². The average Bonchev–Trinajstić information content (AvgIpc) is 3.54. The smallest absolute Gasteiger partial charge is 0.258 e. The first-order valence-corrected chi connectivity index (χ1v) is 11.0. The van der Waals surface area contributed by atoms with Gasteiger partial charge in [-0.3, -0.25) is 0 Å². The molecule has 1 aliphatic rings. The zero-order chi connectivity index (χ0) is 23.7. The molecule has 3 heterocycles. The minimum Gasteiger partial charge on any atom is -0.497 e. The summed E-state index contributed by atoms with van der Waals surface area (Å²) in [5.41, 5.74) is 3.25. The van der Waals surface area contributed by atoms with Gasteiger partial charge in [0.05, 0.1) is 31.5 Å². The van der Waals surface area contributed by atoms with Crippen molar-refractivity contribution in [2.75, 3.05) is 7.11 Å². The Morgan fingerprint density at radius 1 is 1.12 bits per heavy atom. The predicted molar refractivity (Wildman–Crippen MR) is 128 cm³/mol. The molecule has 9 heteroatoms. The summed E-state index contributed by atoms with van der Waals surface area (Å²) in [6.07, 6.45) is 1.63. The first-order chi connectivity index (χ1) is 16.5. The van der Waals surface area contributed by atoms with Gasteiger partial charge in [-0.25, -0.2) is 4.39 Å². The van der Waals surface area contributed by atoms with E-state index in [1.807, 2.05) is 48.2 Å². The van der Waals surface area contributed by atoms with E-state index < -0.39 is 0 Å². The van der Waals surface area contributed by atoms with Gasteiger partial charge in [0.2, 0.25) is 5.82 Å². The van der Waals surface area contributed by atoms with E-state index in [2.05, 4.69) is 15.5 Å². The molecule has 0 saturated carbocycles. The van der Waals surface area contributed by atoms with Crippen LogP contribution < -0.4 is 10.1 Å². The molecule has 1 atom stereocenters. The number of allylic oxidation sites excluding steroid dienone is 1. The molecule has 0 aliphatic carbocycles. The molecule has 0 saturated heterocycles. The molecule has 2 aromatic carbocycles. The van der Waals surface area contributed by atoms with Crippen molar-refractivity contribution in [2.45, 2.75) is 19.5 Å². The number of methoxy groups -OCH3 is 1. The van der Waals surface area contributed by atoms with Crippen LogP contribution in [0.5, 0.6) is 5.75 Å². The molecule has 0 spiro atoms. The van der Waals surface area contributed by atoms with Crippen LogP contribution in [-0.4, -0.2) is 27.3 Å². The lowest BCUT2D eigenvalue weighted by Crippen LogP contribution is -2.45. The number of nitrogens with zero attached hydrogens (tertiary/aromatic N) is 3. The molecule has 5 rings (SSSR count). The van der Waals surface area contributed by atoms with Gasteiger partial charge >= 0.3 is 0 Å². The van der Waals surface area contributed by atoms with Gasteiger partial charge in [0.15, 0.2) is 5.11 Å². The second-order valence-corrected chi connectivity index (χ2v) is 8.14. The van der Waals surface area contributed by atoms with Gasteiger partial charge in [-0.1, -0.05) is 17.3 Å². The summed E-state index contributed by atoms with van der Waals surface area (Å²) in [6.45, 7) is 2.41. The Labute approximate surface area is 200 Å². The fourth-order valence-electron chi connectivity index (χ4n) is 3.90. The van der Waals surface area contributed by atoms with Crippen molar-refractivity contribution in [3.63, 3.8) is 0 Å². The Balaban J connectivity index is 1.58. The zero-order valence-electron chi connectivity index (χ0n) is 18.5. The lowest BCUT2D eigenvalue weighted by atomic mass is 9.94. The summed E-state index contributed by atoms with van der Waals surface area (Å²) in [6, 6.07) is 17.1. The summed E-state index contributed by atoms with van der Waals surface area (Å²) in [5, 5.41) is 8.10. The second kappa shape index (κ2) is 9.11. The number of hydrogen-bond acceptors (Lipinski definition) is 6. The Bertz CT molecular complexity index is 1330. The number of furan rings is 1. The molecule has 1 unspecified atom stereocenters. The molecule has 1 N–H and O–H groups in total. The molecule has 0 fully saturated rings. The maximum absolute atomic E-state index is 13.4. The maximum Gasteiger partial charge on any atom is 0.258 e. The average molecular weight is 477 g/mol. The predicted octanol–water partition coefficient (Wildman–Crippen LogP) is 5.34. The van der Waals surface area contributed by atoms with Gasteiger partial charge in [0.25, 0.3) is 5.89 Å². The van der Waals surface area contributed by atoms with Crippen molar-refractivity contribution in [3.8, 4) is 17.1 Å². The van der Waals surface area contributed by atoms with Crippen LogP contribution in [0.25, 0.3) is 17.0 Å². The Morgan fingerprint density at radius 2 is 1.88 bits per heavy atom. The molecule has 4 aromatic rings. The molecule has 0 bridgehead atoms. The molecule has 2 aromatic heterocycles. The molecule has 0 radical (unpaired) electrons. The third kappa shape index (κ3) is 4.17. The monoisotopic (exact) mass is 476 g/mol. The summed E-state index contributed by atoms with van der Waals surface area (Å²) in [4.78, 5) is 6.57. The number of benzene rings is 2. The largest absolute Gasteiger partial charge is 0.497 e. The van der Waals surface area contributed by atoms with E-state index in [0.717, 1.165) is 28.3 Å². The van der Waals surface area contributed by atoms with Gasteiger partial charge < -0.3 is 23.9 Å². The molecular weight excluding hydrogens is 455 g/mol. The summed E-state index contributed by atoms with van der Waals surface area (Å²) in [5.74, 6) is 1.90. The Kier molecular flexibility index (Phi) is 5.85. The highest BCUT2D eigenvalue weighted by Gasteiger charge is 2.34. The van der Waals surface area contributed by atoms with Crippen molar-refractivity contribution in [3.05, 3.63) is 95.7 Å². The van der Waals surface area contributed by atoms with E-state index in [0.29, 0.717) is 28.9 Å². The van der Waals surface area contributed by atoms with Crippen LogP contribution in [0.1, 0.15) is 30.2 Å². The van der Waals surface area contributed by atoms with Crippen LogP contribution in [0.4, 0.5) is 4.39 Å². The van der Waals surface area contributed by atoms with Crippen molar-refractivity contribution in [2.24, 2.45) is 0 Å². The highest BCUT2D eigenvalue weighted by molar-refractivity contribution is 7.80. The SMILES string of the molecule is COc1ccc(C2NC(=S)N(Cc3ccco3)C(C)=C2c2nc(-c3ccc(F)cc3)no2)cc1. The zero-order valence-corrected chi connectivity index (χ0v) is 19.3. The number of rotatable bonds is 6. The quantitative estimate of drug-likeness (QED) is 0.374. The molecule has 34 heavy (non-hydrogen) atoms. The topological polar surface area (TPSA) is 76.6 Å². The lowest BCUT2D eigenvalue weighted by molar-refractivity contribution is 0.382. The van der Waals surface area contributed by atoms with E-state index in [-0.39, 0.29) is 11.9 Å². The van der Waals surface area contributed by atoms with Gasteiger partial charge in [0.1, 0.15) is 17.3 Å². The minimum atomic E-state index is -0.329. The van der Waals surface area contributed by atoms with Crippen LogP contribution in [0.2, 0.25) is 0 Å². The van der Waals surface area contributed by atoms with Crippen LogP contribution in [0, 0.1) is 5.82 Å². The third-order valence-electron chi connectivity index (χ3n) is 5.70. The first-order valence-electron chi connectivity index (χ1n) is 10.6. The van der Waals surface area contributed by atoms with E-state index in [9.17, 15) is 4.39 Å². The Morgan fingerprint density at radius 3 is 2.56 bits per heavy atom. The van der Waals surface area contributed by atoms with Gasteiger partial charge in [-0.15, -0.1) is 0 Å². The van der Waals surface area contributed by atoms with Crippen molar-refractivity contribution in [1.29, 1.82) is 0 Å². The van der Waals surface area contributed by atoms with Gasteiger partial charge in [-0.2, -0.15) is 4.98 Å². The van der Waals surface area contributed by atoms with Crippen molar-refractivity contribution >= 4 is 22.9 Å². The van der Waals surface area contributed by atoms with Crippen LogP contribution in [0.3, 0.4) is 0 Å². The highest BCUT2D eigenvalue weighted by atomic mass is 32.1. The lowest BCUT2D eigenvalue weighted by Gasteiger charge is -2.37. The van der Waals surface area contributed by atoms with Crippen molar-refractivity contribution in [1.82, 2.24) is 20.4 Å². The summed E-state index contributed by atoms with van der Waals surface area (Å²) in [7, 11) is 1.63. The van der Waals surface area contributed by atoms with Gasteiger partial charge in [0, 0.05) is 11.3 Å². The fourth-order valence-corrected chi connectivity index (χ4v) is 4.22. The number of aromatic nitrogens is 2. The van der Waals surface area contributed by atoms with E-state index >= 15 is 0 Å². The molecule has 1 aliphatic heterocycles. The van der Waals surface area contributed by atoms with E-state index in [4.69, 9.17) is 25.9 Å². The van der Waals surface area contributed by atoms with E-state index in [1.54, 1.807) is 25.5 Å². The van der Waals surface area contributed by atoms with Crippen molar-refractivity contribution < 1.29 is 18.1 Å². The second-order valence-electron chi connectivity index (χ2n) is 7.75. The normalized spacial score (nSPS) is 16.0. The third-order valence-corrected chi connectivity index (χ3v) is 6.04.